The summed E-state index contributed by atoms with van der Waals surface area (Å²) in [7, 11) is 0. The van der Waals surface area contributed by atoms with Gasteiger partial charge in [0, 0.05) is 24.7 Å². The van der Waals surface area contributed by atoms with E-state index in [1.807, 2.05) is 12.1 Å². The van der Waals surface area contributed by atoms with Crippen LogP contribution < -0.4 is 5.32 Å². The topological polar surface area (TPSA) is 35.5 Å². The minimum Gasteiger partial charge on any atom is -0.508 e. The van der Waals surface area contributed by atoms with E-state index < -0.39 is 0 Å². The van der Waals surface area contributed by atoms with Gasteiger partial charge in [-0.3, -0.25) is 4.90 Å². The molecule has 0 radical (unpaired) electrons. The SMILES string of the molecule is CC(NC1CCN2CCCCC12)c1cccc(O)c1. The number of aromatic hydroxyl groups is 1. The van der Waals surface area contributed by atoms with Crippen LogP contribution in [0, 0.1) is 0 Å². The van der Waals surface area contributed by atoms with Crippen molar-refractivity contribution in [2.45, 2.75) is 50.7 Å². The molecule has 3 rings (SSSR count). The molecule has 0 aliphatic carbocycles. The van der Waals surface area contributed by atoms with Gasteiger partial charge in [-0.25, -0.2) is 0 Å². The molecule has 2 fully saturated rings. The highest BCUT2D eigenvalue weighted by Crippen LogP contribution is 2.29. The second-order valence-electron chi connectivity index (χ2n) is 5.98. The zero-order valence-electron chi connectivity index (χ0n) is 11.7. The number of phenolic OH excluding ortho intramolecular Hbond substituents is 1. The molecule has 0 aromatic heterocycles. The molecule has 2 aliphatic heterocycles. The molecule has 2 saturated heterocycles. The summed E-state index contributed by atoms with van der Waals surface area (Å²) >= 11 is 0. The van der Waals surface area contributed by atoms with Gasteiger partial charge in [0.25, 0.3) is 0 Å². The van der Waals surface area contributed by atoms with Crippen molar-refractivity contribution in [1.29, 1.82) is 0 Å². The Bertz CT molecular complexity index is 435. The van der Waals surface area contributed by atoms with E-state index in [1.54, 1.807) is 6.07 Å². The van der Waals surface area contributed by atoms with Crippen LogP contribution in [0.15, 0.2) is 24.3 Å². The summed E-state index contributed by atoms with van der Waals surface area (Å²) in [5.74, 6) is 0.358. The lowest BCUT2D eigenvalue weighted by molar-refractivity contribution is 0.177. The minimum absolute atomic E-state index is 0.305. The van der Waals surface area contributed by atoms with E-state index in [1.165, 1.54) is 44.3 Å². The van der Waals surface area contributed by atoms with Gasteiger partial charge in [-0.2, -0.15) is 0 Å². The maximum atomic E-state index is 9.57. The van der Waals surface area contributed by atoms with Crippen LogP contribution in [0.4, 0.5) is 0 Å². The third-order valence-corrected chi connectivity index (χ3v) is 4.69. The average molecular weight is 260 g/mol. The fourth-order valence-electron chi connectivity index (χ4n) is 3.65. The first kappa shape index (κ1) is 12.9. The lowest BCUT2D eigenvalue weighted by Gasteiger charge is -2.34. The third-order valence-electron chi connectivity index (χ3n) is 4.69. The molecule has 3 unspecified atom stereocenters. The quantitative estimate of drug-likeness (QED) is 0.877. The van der Waals surface area contributed by atoms with E-state index >= 15 is 0 Å². The Kier molecular flexibility index (Phi) is 3.76. The molecule has 1 aromatic rings. The van der Waals surface area contributed by atoms with Crippen molar-refractivity contribution >= 4 is 0 Å². The number of benzene rings is 1. The lowest BCUT2D eigenvalue weighted by atomic mass is 9.97. The predicted octanol–water partition coefficient (Wildman–Crippen LogP) is 2.67. The van der Waals surface area contributed by atoms with Crippen LogP contribution in [0.5, 0.6) is 5.75 Å². The van der Waals surface area contributed by atoms with Crippen molar-refractivity contribution in [3.8, 4) is 5.75 Å². The van der Waals surface area contributed by atoms with Crippen LogP contribution in [0.25, 0.3) is 0 Å². The number of nitrogens with zero attached hydrogens (tertiary/aromatic N) is 1. The van der Waals surface area contributed by atoms with Gasteiger partial charge in [-0.1, -0.05) is 18.6 Å². The first-order chi connectivity index (χ1) is 9.24. The lowest BCUT2D eigenvalue weighted by Crippen LogP contribution is -2.45. The molecule has 1 aromatic carbocycles. The standard InChI is InChI=1S/C16H24N2O/c1-12(13-5-4-6-14(19)11-13)17-15-8-10-18-9-3-2-7-16(15)18/h4-6,11-12,15-17,19H,2-3,7-10H2,1H3. The maximum Gasteiger partial charge on any atom is 0.115 e. The normalized spacial score (nSPS) is 29.1. The van der Waals surface area contributed by atoms with Crippen LogP contribution in [0.1, 0.15) is 44.2 Å². The Balaban J connectivity index is 1.65. The Labute approximate surface area is 115 Å². The van der Waals surface area contributed by atoms with E-state index in [-0.39, 0.29) is 0 Å². The maximum absolute atomic E-state index is 9.57. The second kappa shape index (κ2) is 5.51. The Hall–Kier alpha value is -1.06. The van der Waals surface area contributed by atoms with Gasteiger partial charge in [0.2, 0.25) is 0 Å². The minimum atomic E-state index is 0.305. The highest BCUT2D eigenvalue weighted by atomic mass is 16.3. The molecule has 104 valence electrons. The molecule has 3 heteroatoms. The van der Waals surface area contributed by atoms with Crippen molar-refractivity contribution in [1.82, 2.24) is 10.2 Å². The molecule has 2 N–H and O–H groups in total. The van der Waals surface area contributed by atoms with Crippen LogP contribution in [0.2, 0.25) is 0 Å². The number of fused-ring (bicyclic) bond motifs is 1. The summed E-state index contributed by atoms with van der Waals surface area (Å²) in [6.07, 6.45) is 5.34. The van der Waals surface area contributed by atoms with Gasteiger partial charge in [-0.05, 0) is 50.4 Å². The number of phenols is 1. The van der Waals surface area contributed by atoms with Crippen LogP contribution >= 0.6 is 0 Å². The van der Waals surface area contributed by atoms with Crippen molar-refractivity contribution in [2.75, 3.05) is 13.1 Å². The summed E-state index contributed by atoms with van der Waals surface area (Å²) in [5.41, 5.74) is 1.18. The van der Waals surface area contributed by atoms with E-state index in [0.717, 1.165) is 6.04 Å². The summed E-state index contributed by atoms with van der Waals surface area (Å²) in [6.45, 7) is 4.72. The Morgan fingerprint density at radius 2 is 2.16 bits per heavy atom. The zero-order chi connectivity index (χ0) is 13.2. The van der Waals surface area contributed by atoms with Gasteiger partial charge in [-0.15, -0.1) is 0 Å². The summed E-state index contributed by atoms with van der Waals surface area (Å²) in [6, 6.07) is 9.25. The van der Waals surface area contributed by atoms with Crippen LogP contribution in [-0.4, -0.2) is 35.2 Å². The summed E-state index contributed by atoms with van der Waals surface area (Å²) in [4.78, 5) is 2.65. The molecule has 0 saturated carbocycles. The average Bonchev–Trinajstić information content (AvgIpc) is 2.82. The molecule has 0 bridgehead atoms. The van der Waals surface area contributed by atoms with Gasteiger partial charge in [0.05, 0.1) is 0 Å². The Morgan fingerprint density at radius 1 is 1.26 bits per heavy atom. The highest BCUT2D eigenvalue weighted by molar-refractivity contribution is 5.29. The molecular formula is C16H24N2O. The Morgan fingerprint density at radius 3 is 3.00 bits per heavy atom. The fraction of sp³-hybridized carbons (Fsp3) is 0.625. The van der Waals surface area contributed by atoms with Crippen molar-refractivity contribution in [3.05, 3.63) is 29.8 Å². The predicted molar refractivity (Wildman–Crippen MR) is 77.3 cm³/mol. The molecular weight excluding hydrogens is 236 g/mol. The van der Waals surface area contributed by atoms with Crippen molar-refractivity contribution in [3.63, 3.8) is 0 Å². The summed E-state index contributed by atoms with van der Waals surface area (Å²) < 4.78 is 0. The first-order valence-electron chi connectivity index (χ1n) is 7.53. The second-order valence-corrected chi connectivity index (χ2v) is 5.98. The summed E-state index contributed by atoms with van der Waals surface area (Å²) in [5, 5.41) is 13.3. The smallest absolute Gasteiger partial charge is 0.115 e. The monoisotopic (exact) mass is 260 g/mol. The van der Waals surface area contributed by atoms with E-state index in [0.29, 0.717) is 17.8 Å². The number of piperidine rings is 1. The van der Waals surface area contributed by atoms with Crippen LogP contribution in [-0.2, 0) is 0 Å². The van der Waals surface area contributed by atoms with Crippen LogP contribution in [0.3, 0.4) is 0 Å². The largest absolute Gasteiger partial charge is 0.508 e. The molecule has 3 atom stereocenters. The number of hydrogen-bond acceptors (Lipinski definition) is 3. The molecule has 3 nitrogen and oxygen atoms in total. The fourth-order valence-corrected chi connectivity index (χ4v) is 3.65. The van der Waals surface area contributed by atoms with Gasteiger partial charge in [0.1, 0.15) is 5.75 Å². The number of nitrogens with one attached hydrogen (secondary N) is 1. The third kappa shape index (κ3) is 2.77. The van der Waals surface area contributed by atoms with E-state index in [9.17, 15) is 5.11 Å². The first-order valence-corrected chi connectivity index (χ1v) is 7.53. The zero-order valence-corrected chi connectivity index (χ0v) is 11.7. The molecule has 0 spiro atoms. The molecule has 19 heavy (non-hydrogen) atoms. The molecule has 2 heterocycles. The van der Waals surface area contributed by atoms with E-state index in [2.05, 4.69) is 23.2 Å². The van der Waals surface area contributed by atoms with Crippen molar-refractivity contribution < 1.29 is 5.11 Å². The highest BCUT2D eigenvalue weighted by Gasteiger charge is 2.35. The van der Waals surface area contributed by atoms with Gasteiger partial charge in [0.15, 0.2) is 0 Å². The van der Waals surface area contributed by atoms with E-state index in [4.69, 9.17) is 0 Å². The van der Waals surface area contributed by atoms with Gasteiger partial charge >= 0.3 is 0 Å². The molecule has 2 aliphatic rings. The number of rotatable bonds is 3. The van der Waals surface area contributed by atoms with Gasteiger partial charge < -0.3 is 10.4 Å². The van der Waals surface area contributed by atoms with Crippen molar-refractivity contribution in [2.24, 2.45) is 0 Å². The number of hydrogen-bond donors (Lipinski definition) is 2. The molecule has 0 amide bonds.